The summed E-state index contributed by atoms with van der Waals surface area (Å²) >= 11 is 30.8. The lowest BCUT2D eigenvalue weighted by Crippen LogP contribution is -2.50. The van der Waals surface area contributed by atoms with Crippen LogP contribution in [0.3, 0.4) is 0 Å². The summed E-state index contributed by atoms with van der Waals surface area (Å²) in [5.74, 6) is -10.8. The third-order valence-electron chi connectivity index (χ3n) is 5.62. The molecule has 0 aliphatic heterocycles. The van der Waals surface area contributed by atoms with Gasteiger partial charge in [0.1, 0.15) is 4.33 Å². The second kappa shape index (κ2) is 11.8. The Balaban J connectivity index is 1.56. The smallest absolute Gasteiger partial charge is 0.352 e. The SMILES string of the molecule is O=C(NCCCNC(=O)C(F)(F)C(F)(F)F)c1cc(NC(=O)C2C(c3cc(Cl)cc(Cl)c3)C2(Cl)Cl)ccc1Cl. The number of halogens is 10. The summed E-state index contributed by atoms with van der Waals surface area (Å²) in [6, 6.07) is 8.70. The molecule has 1 aliphatic rings. The van der Waals surface area contributed by atoms with E-state index in [2.05, 4.69) is 10.6 Å². The van der Waals surface area contributed by atoms with Gasteiger partial charge in [-0.1, -0.05) is 34.8 Å². The maximum Gasteiger partial charge on any atom is 0.463 e. The van der Waals surface area contributed by atoms with Crippen LogP contribution in [0.5, 0.6) is 0 Å². The van der Waals surface area contributed by atoms with Gasteiger partial charge in [-0.05, 0) is 48.4 Å². The fourth-order valence-corrected chi connectivity index (χ4v) is 5.22. The molecule has 1 saturated carbocycles. The number of alkyl halides is 7. The van der Waals surface area contributed by atoms with Crippen molar-refractivity contribution >= 4 is 81.4 Å². The minimum absolute atomic E-state index is 0.00511. The van der Waals surface area contributed by atoms with Crippen molar-refractivity contribution in [1.82, 2.24) is 10.6 Å². The molecule has 0 radical (unpaired) electrons. The maximum absolute atomic E-state index is 12.9. The number of amides is 3. The third kappa shape index (κ3) is 7.18. The quantitative estimate of drug-likeness (QED) is 0.162. The molecule has 16 heteroatoms. The summed E-state index contributed by atoms with van der Waals surface area (Å²) in [5, 5.41) is 7.13. The van der Waals surface area contributed by atoms with Crippen molar-refractivity contribution in [2.45, 2.75) is 28.8 Å². The highest BCUT2D eigenvalue weighted by molar-refractivity contribution is 6.53. The number of carbonyl (C=O) groups is 3. The average Bonchev–Trinajstić information content (AvgIpc) is 3.40. The van der Waals surface area contributed by atoms with Crippen LogP contribution in [0.25, 0.3) is 0 Å². The highest BCUT2D eigenvalue weighted by Crippen LogP contribution is 2.65. The first-order valence-corrected chi connectivity index (χ1v) is 12.8. The van der Waals surface area contributed by atoms with Crippen LogP contribution in [0.1, 0.15) is 28.3 Å². The summed E-state index contributed by atoms with van der Waals surface area (Å²) in [5.41, 5.74) is 0.668. The van der Waals surface area contributed by atoms with Crippen molar-refractivity contribution in [2.75, 3.05) is 18.4 Å². The van der Waals surface area contributed by atoms with Gasteiger partial charge in [0, 0.05) is 34.7 Å². The number of hydrogen-bond donors (Lipinski definition) is 3. The van der Waals surface area contributed by atoms with Gasteiger partial charge in [0.25, 0.3) is 11.8 Å². The molecule has 0 saturated heterocycles. The molecule has 3 rings (SSSR count). The van der Waals surface area contributed by atoms with Crippen molar-refractivity contribution in [3.8, 4) is 0 Å². The molecular formula is C23H17Cl5F5N3O3. The molecule has 6 nitrogen and oxygen atoms in total. The first-order chi connectivity index (χ1) is 18.0. The van der Waals surface area contributed by atoms with E-state index in [1.165, 1.54) is 29.6 Å². The first kappa shape index (κ1) is 31.5. The highest BCUT2D eigenvalue weighted by Gasteiger charge is 2.67. The van der Waals surface area contributed by atoms with Crippen molar-refractivity contribution < 1.29 is 36.3 Å². The minimum Gasteiger partial charge on any atom is -0.352 e. The van der Waals surface area contributed by atoms with E-state index in [9.17, 15) is 36.3 Å². The van der Waals surface area contributed by atoms with Crippen molar-refractivity contribution in [3.63, 3.8) is 0 Å². The molecule has 212 valence electrons. The van der Waals surface area contributed by atoms with Gasteiger partial charge < -0.3 is 16.0 Å². The number of carbonyl (C=O) groups excluding carboxylic acids is 3. The van der Waals surface area contributed by atoms with Crippen LogP contribution in [0.2, 0.25) is 15.1 Å². The summed E-state index contributed by atoms with van der Waals surface area (Å²) < 4.78 is 60.9. The molecule has 2 atom stereocenters. The van der Waals surface area contributed by atoms with E-state index in [1.54, 1.807) is 12.1 Å². The monoisotopic (exact) mass is 653 g/mol. The summed E-state index contributed by atoms with van der Waals surface area (Å²) in [4.78, 5) is 36.5. The van der Waals surface area contributed by atoms with E-state index >= 15 is 0 Å². The van der Waals surface area contributed by atoms with E-state index in [-0.39, 0.29) is 29.2 Å². The van der Waals surface area contributed by atoms with Crippen LogP contribution < -0.4 is 16.0 Å². The third-order valence-corrected chi connectivity index (χ3v) is 7.33. The molecule has 2 aromatic carbocycles. The fourth-order valence-electron chi connectivity index (χ4n) is 3.65. The first-order valence-electron chi connectivity index (χ1n) is 10.9. The Labute approximate surface area is 243 Å². The Morgan fingerprint density at radius 3 is 2.05 bits per heavy atom. The van der Waals surface area contributed by atoms with E-state index < -0.39 is 52.5 Å². The lowest BCUT2D eigenvalue weighted by Gasteiger charge is -2.18. The van der Waals surface area contributed by atoms with Gasteiger partial charge in [0.2, 0.25) is 5.91 Å². The summed E-state index contributed by atoms with van der Waals surface area (Å²) in [6.07, 6.45) is -6.19. The number of hydrogen-bond acceptors (Lipinski definition) is 3. The molecule has 39 heavy (non-hydrogen) atoms. The Bertz CT molecular complexity index is 1270. The predicted octanol–water partition coefficient (Wildman–Crippen LogP) is 6.61. The van der Waals surface area contributed by atoms with Crippen molar-refractivity contribution in [2.24, 2.45) is 5.92 Å². The standard InChI is InChI=1S/C23H17Cl5F5N3O3/c24-11-6-10(7-12(25)8-11)16-17(21(16,27)28)19(38)36-13-2-3-15(26)14(9-13)18(37)34-4-1-5-35-20(39)22(29,30)23(31,32)33/h2-3,6-9,16-17H,1,4-5H2,(H,34,37)(H,35,39)(H,36,38). The Morgan fingerprint density at radius 2 is 1.46 bits per heavy atom. The maximum atomic E-state index is 12.9. The second-order valence-electron chi connectivity index (χ2n) is 8.45. The highest BCUT2D eigenvalue weighted by atomic mass is 35.5. The number of nitrogens with one attached hydrogen (secondary N) is 3. The van der Waals surface area contributed by atoms with Crippen LogP contribution in [0.15, 0.2) is 36.4 Å². The van der Waals surface area contributed by atoms with E-state index in [0.29, 0.717) is 15.6 Å². The second-order valence-corrected chi connectivity index (χ2v) is 11.2. The largest absolute Gasteiger partial charge is 0.463 e. The molecule has 1 fully saturated rings. The lowest BCUT2D eigenvalue weighted by atomic mass is 10.1. The number of anilines is 1. The molecule has 0 bridgehead atoms. The van der Waals surface area contributed by atoms with Gasteiger partial charge in [-0.2, -0.15) is 22.0 Å². The Hall–Kier alpha value is -2.05. The Kier molecular flexibility index (Phi) is 9.54. The summed E-state index contributed by atoms with van der Waals surface area (Å²) in [6.45, 7) is -0.760. The average molecular weight is 656 g/mol. The van der Waals surface area contributed by atoms with Crippen molar-refractivity contribution in [3.05, 3.63) is 62.6 Å². The van der Waals surface area contributed by atoms with Gasteiger partial charge in [0.05, 0.1) is 16.5 Å². The topological polar surface area (TPSA) is 87.3 Å². The van der Waals surface area contributed by atoms with Gasteiger partial charge in [-0.3, -0.25) is 14.4 Å². The molecule has 0 spiro atoms. The van der Waals surface area contributed by atoms with Gasteiger partial charge in [-0.25, -0.2) is 0 Å². The van der Waals surface area contributed by atoms with Gasteiger partial charge in [0.15, 0.2) is 0 Å². The van der Waals surface area contributed by atoms with Crippen LogP contribution in [0, 0.1) is 5.92 Å². The normalized spacial score (nSPS) is 18.3. The molecule has 1 aliphatic carbocycles. The van der Waals surface area contributed by atoms with Crippen LogP contribution in [-0.4, -0.2) is 47.2 Å². The molecule has 0 heterocycles. The van der Waals surface area contributed by atoms with E-state index in [1.807, 2.05) is 0 Å². The zero-order valence-corrected chi connectivity index (χ0v) is 23.0. The van der Waals surface area contributed by atoms with Crippen LogP contribution in [-0.2, 0) is 9.59 Å². The van der Waals surface area contributed by atoms with Gasteiger partial charge in [-0.15, -0.1) is 23.2 Å². The van der Waals surface area contributed by atoms with Gasteiger partial charge >= 0.3 is 12.1 Å². The van der Waals surface area contributed by atoms with E-state index in [0.717, 1.165) is 0 Å². The molecule has 0 aromatic heterocycles. The zero-order valence-electron chi connectivity index (χ0n) is 19.2. The molecule has 3 N–H and O–H groups in total. The summed E-state index contributed by atoms with van der Waals surface area (Å²) in [7, 11) is 0. The molecule has 2 unspecified atom stereocenters. The lowest BCUT2D eigenvalue weighted by molar-refractivity contribution is -0.269. The molecular weight excluding hydrogens is 639 g/mol. The molecule has 2 aromatic rings. The van der Waals surface area contributed by atoms with Crippen molar-refractivity contribution in [1.29, 1.82) is 0 Å². The number of benzene rings is 2. The molecule has 3 amide bonds. The Morgan fingerprint density at radius 1 is 0.872 bits per heavy atom. The van der Waals surface area contributed by atoms with Crippen LogP contribution in [0.4, 0.5) is 27.6 Å². The fraction of sp³-hybridized carbons (Fsp3) is 0.348. The number of rotatable bonds is 9. The van der Waals surface area contributed by atoms with E-state index in [4.69, 9.17) is 58.0 Å². The minimum atomic E-state index is -6.03. The zero-order chi connectivity index (χ0) is 29.3. The van der Waals surface area contributed by atoms with Crippen LogP contribution >= 0.6 is 58.0 Å². The predicted molar refractivity (Wildman–Crippen MR) is 138 cm³/mol.